The van der Waals surface area contributed by atoms with Gasteiger partial charge in [0, 0.05) is 19.3 Å². The Morgan fingerprint density at radius 2 is 0.470 bits per heavy atom. The Kier molecular flexibility index (Phi) is 67.7. The quantitative estimate of drug-likeness (QED) is 0.0261. The number of ether oxygens (including phenoxy) is 3. The van der Waals surface area contributed by atoms with Crippen molar-refractivity contribution in [3.63, 3.8) is 0 Å². The third-order valence-electron chi connectivity index (χ3n) is 15.6. The highest BCUT2D eigenvalue weighted by atomic mass is 16.6. The van der Waals surface area contributed by atoms with E-state index in [1.54, 1.807) is 0 Å². The lowest BCUT2D eigenvalue weighted by molar-refractivity contribution is -0.167. The van der Waals surface area contributed by atoms with Crippen molar-refractivity contribution < 1.29 is 28.6 Å². The second-order valence-electron chi connectivity index (χ2n) is 23.7. The van der Waals surface area contributed by atoms with Crippen LogP contribution in [0.1, 0.15) is 355 Å². The van der Waals surface area contributed by atoms with Crippen molar-refractivity contribution in [1.29, 1.82) is 0 Å². The molecule has 0 aromatic carbocycles. The van der Waals surface area contributed by atoms with Gasteiger partial charge < -0.3 is 14.2 Å². The maximum atomic E-state index is 12.9. The summed E-state index contributed by atoms with van der Waals surface area (Å²) in [7, 11) is 0. The Bertz CT molecular complexity index is 1610. The van der Waals surface area contributed by atoms with Crippen molar-refractivity contribution in [3.8, 4) is 0 Å². The molecule has 0 radical (unpaired) electrons. The van der Waals surface area contributed by atoms with E-state index >= 15 is 0 Å². The molecule has 0 aromatic rings. The van der Waals surface area contributed by atoms with Crippen molar-refractivity contribution in [3.05, 3.63) is 97.2 Å². The summed E-state index contributed by atoms with van der Waals surface area (Å²) in [4.78, 5) is 38.5. The van der Waals surface area contributed by atoms with E-state index in [0.717, 1.165) is 122 Å². The van der Waals surface area contributed by atoms with E-state index in [1.807, 2.05) is 0 Å². The molecule has 83 heavy (non-hydrogen) atoms. The van der Waals surface area contributed by atoms with Gasteiger partial charge in [0.05, 0.1) is 0 Å². The van der Waals surface area contributed by atoms with Gasteiger partial charge in [-0.1, -0.05) is 336 Å². The minimum absolute atomic E-state index is 0.0782. The number of unbranched alkanes of at least 4 members (excludes halogenated alkanes) is 38. The van der Waals surface area contributed by atoms with Crippen LogP contribution in [-0.2, 0) is 28.6 Å². The molecule has 6 nitrogen and oxygen atoms in total. The van der Waals surface area contributed by atoms with Crippen molar-refractivity contribution in [2.45, 2.75) is 361 Å². The zero-order valence-corrected chi connectivity index (χ0v) is 54.9. The van der Waals surface area contributed by atoms with E-state index in [4.69, 9.17) is 14.2 Å². The lowest BCUT2D eigenvalue weighted by atomic mass is 10.0. The lowest BCUT2D eigenvalue weighted by Gasteiger charge is -2.18. The van der Waals surface area contributed by atoms with Crippen LogP contribution in [0, 0.1) is 0 Å². The molecule has 0 amide bonds. The SMILES string of the molecule is CC/C=C\C/C=C\C/C=C\C/C=C\CCCCCCCCCCCCCCCCCCCCC(=O)OCC(COC(=O)CCCCCCCCCCCCCCCCC)OC(=O)CCCCCCCC/C=C\C/C=C\C/C=C\C/C=C\CC. The molecule has 0 rings (SSSR count). The molecule has 0 aliphatic rings. The highest BCUT2D eigenvalue weighted by Crippen LogP contribution is 2.18. The smallest absolute Gasteiger partial charge is 0.306 e. The van der Waals surface area contributed by atoms with E-state index in [1.165, 1.54) is 193 Å². The zero-order chi connectivity index (χ0) is 59.9. The Morgan fingerprint density at radius 1 is 0.253 bits per heavy atom. The van der Waals surface area contributed by atoms with Crippen LogP contribution in [0.25, 0.3) is 0 Å². The molecule has 0 N–H and O–H groups in total. The van der Waals surface area contributed by atoms with Gasteiger partial charge in [0.25, 0.3) is 0 Å². The van der Waals surface area contributed by atoms with E-state index in [2.05, 4.69) is 118 Å². The number of allylic oxidation sites excluding steroid dienone is 16. The lowest BCUT2D eigenvalue weighted by Crippen LogP contribution is -2.30. The van der Waals surface area contributed by atoms with Gasteiger partial charge in [-0.2, -0.15) is 0 Å². The maximum Gasteiger partial charge on any atom is 0.306 e. The summed E-state index contributed by atoms with van der Waals surface area (Å²) in [5.74, 6) is -0.872. The molecule has 0 heterocycles. The minimum atomic E-state index is -0.784. The first-order chi connectivity index (χ1) is 41.0. The fraction of sp³-hybridized carbons (Fsp3) is 0.753. The van der Waals surface area contributed by atoms with E-state index in [9.17, 15) is 14.4 Å². The summed E-state index contributed by atoms with van der Waals surface area (Å²) in [5, 5.41) is 0. The molecule has 0 saturated carbocycles. The summed E-state index contributed by atoms with van der Waals surface area (Å²) in [5.41, 5.74) is 0. The molecule has 0 aliphatic heterocycles. The molecule has 1 atom stereocenters. The molecule has 0 spiro atoms. The van der Waals surface area contributed by atoms with E-state index in [0.29, 0.717) is 19.3 Å². The largest absolute Gasteiger partial charge is 0.462 e. The van der Waals surface area contributed by atoms with Gasteiger partial charge in [-0.3, -0.25) is 14.4 Å². The average molecular weight is 1160 g/mol. The first kappa shape index (κ1) is 79.3. The van der Waals surface area contributed by atoms with Gasteiger partial charge in [-0.05, 0) is 96.3 Å². The summed E-state index contributed by atoms with van der Waals surface area (Å²) in [6.07, 6.45) is 95.8. The predicted molar refractivity (Wildman–Crippen MR) is 362 cm³/mol. The molecule has 1 unspecified atom stereocenters. The highest BCUT2D eigenvalue weighted by Gasteiger charge is 2.19. The Hall–Kier alpha value is -3.67. The first-order valence-corrected chi connectivity index (χ1v) is 35.7. The molecule has 478 valence electrons. The van der Waals surface area contributed by atoms with Gasteiger partial charge in [-0.15, -0.1) is 0 Å². The summed E-state index contributed by atoms with van der Waals surface area (Å²) < 4.78 is 17.0. The zero-order valence-electron chi connectivity index (χ0n) is 54.9. The number of carbonyl (C=O) groups excluding carboxylic acids is 3. The van der Waals surface area contributed by atoms with Gasteiger partial charge in [0.15, 0.2) is 6.10 Å². The van der Waals surface area contributed by atoms with Crippen LogP contribution < -0.4 is 0 Å². The highest BCUT2D eigenvalue weighted by molar-refractivity contribution is 5.71. The molecule has 6 heteroatoms. The standard InChI is InChI=1S/C77H134O6/c1-4-7-10-13-16-19-22-25-28-30-32-33-34-35-36-37-38-39-40-41-42-43-45-46-49-52-55-58-61-64-67-70-76(79)82-73-74(72-81-75(78)69-66-63-60-57-54-51-48-27-24-21-18-15-12-9-6-3)83-77(80)71-68-65-62-59-56-53-50-47-44-31-29-26-23-20-17-14-11-8-5-2/h7-8,10-11,16-17,19-20,25-26,28-29,32-33,44,47,74H,4-6,9,12-15,18,21-24,27,30-31,34-43,45-46,48-73H2,1-3H3/b10-7-,11-8-,19-16-,20-17-,28-25-,29-26-,33-32-,47-44-. The summed E-state index contributed by atoms with van der Waals surface area (Å²) >= 11 is 0. The van der Waals surface area contributed by atoms with Crippen LogP contribution in [0.3, 0.4) is 0 Å². The topological polar surface area (TPSA) is 78.9 Å². The summed E-state index contributed by atoms with van der Waals surface area (Å²) in [6.45, 7) is 6.45. The monoisotopic (exact) mass is 1160 g/mol. The third-order valence-corrected chi connectivity index (χ3v) is 15.6. The van der Waals surface area contributed by atoms with Crippen LogP contribution >= 0.6 is 0 Å². The van der Waals surface area contributed by atoms with Gasteiger partial charge in [-0.25, -0.2) is 0 Å². The van der Waals surface area contributed by atoms with Crippen molar-refractivity contribution >= 4 is 17.9 Å². The predicted octanol–water partition coefficient (Wildman–Crippen LogP) is 24.8. The van der Waals surface area contributed by atoms with Crippen LogP contribution in [-0.4, -0.2) is 37.2 Å². The molecule has 0 bridgehead atoms. The van der Waals surface area contributed by atoms with Crippen LogP contribution in [0.5, 0.6) is 0 Å². The minimum Gasteiger partial charge on any atom is -0.462 e. The van der Waals surface area contributed by atoms with Crippen molar-refractivity contribution in [1.82, 2.24) is 0 Å². The molecule has 0 aliphatic carbocycles. The number of carbonyl (C=O) groups is 3. The Balaban J connectivity index is 4.24. The van der Waals surface area contributed by atoms with E-state index < -0.39 is 6.10 Å². The van der Waals surface area contributed by atoms with Gasteiger partial charge >= 0.3 is 17.9 Å². The molecular weight excluding hydrogens is 1020 g/mol. The normalized spacial score (nSPS) is 12.7. The number of hydrogen-bond donors (Lipinski definition) is 0. The molecular formula is C77H134O6. The molecule has 0 fully saturated rings. The van der Waals surface area contributed by atoms with Crippen LogP contribution in [0.2, 0.25) is 0 Å². The third kappa shape index (κ3) is 69.0. The van der Waals surface area contributed by atoms with Crippen molar-refractivity contribution in [2.24, 2.45) is 0 Å². The van der Waals surface area contributed by atoms with Crippen LogP contribution in [0.4, 0.5) is 0 Å². The van der Waals surface area contributed by atoms with Crippen molar-refractivity contribution in [2.75, 3.05) is 13.2 Å². The van der Waals surface area contributed by atoms with E-state index in [-0.39, 0.29) is 31.1 Å². The fourth-order valence-electron chi connectivity index (χ4n) is 10.3. The Labute approximate surface area is 515 Å². The number of esters is 3. The first-order valence-electron chi connectivity index (χ1n) is 35.7. The molecule has 0 aromatic heterocycles. The average Bonchev–Trinajstić information content (AvgIpc) is 3.49. The Morgan fingerprint density at radius 3 is 0.735 bits per heavy atom. The number of hydrogen-bond acceptors (Lipinski definition) is 6. The van der Waals surface area contributed by atoms with Gasteiger partial charge in [0.2, 0.25) is 0 Å². The molecule has 0 saturated heterocycles. The maximum absolute atomic E-state index is 12.9. The second kappa shape index (κ2) is 70.8. The van der Waals surface area contributed by atoms with Crippen LogP contribution in [0.15, 0.2) is 97.2 Å². The number of rotatable bonds is 65. The second-order valence-corrected chi connectivity index (χ2v) is 23.7. The fourth-order valence-corrected chi connectivity index (χ4v) is 10.3. The summed E-state index contributed by atoms with van der Waals surface area (Å²) in [6, 6.07) is 0. The van der Waals surface area contributed by atoms with Gasteiger partial charge in [0.1, 0.15) is 13.2 Å².